The van der Waals surface area contributed by atoms with Gasteiger partial charge in [0.2, 0.25) is 12.8 Å². The zero-order valence-electron chi connectivity index (χ0n) is 34.4. The Morgan fingerprint density at radius 1 is 0.764 bits per heavy atom. The maximum Gasteiger partial charge on any atom is 0.335 e. The number of rotatable bonds is 6. The van der Waals surface area contributed by atoms with Gasteiger partial charge in [-0.1, -0.05) is 76.6 Å². The van der Waals surface area contributed by atoms with Gasteiger partial charge in [0.1, 0.15) is 0 Å². The van der Waals surface area contributed by atoms with Gasteiger partial charge in [-0.15, -0.1) is 6.58 Å². The molecule has 7 heteroatoms. The minimum Gasteiger partial charge on any atom is -0.478 e. The summed E-state index contributed by atoms with van der Waals surface area (Å²) in [6.07, 6.45) is 21.7. The van der Waals surface area contributed by atoms with E-state index < -0.39 is 5.97 Å². The van der Waals surface area contributed by atoms with Gasteiger partial charge in [-0.3, -0.25) is 9.59 Å². The Kier molecular flexibility index (Phi) is 13.2. The van der Waals surface area contributed by atoms with Crippen molar-refractivity contribution >= 4 is 18.8 Å². The van der Waals surface area contributed by atoms with E-state index in [2.05, 4.69) is 70.0 Å². The van der Waals surface area contributed by atoms with Crippen LogP contribution < -0.4 is 11.5 Å². The third kappa shape index (κ3) is 8.06. The number of carbonyl (C=O) groups excluding carboxylic acids is 2. The Bertz CT molecular complexity index is 1640. The number of carboxylic acids is 1. The van der Waals surface area contributed by atoms with Gasteiger partial charge >= 0.3 is 5.97 Å². The van der Waals surface area contributed by atoms with E-state index >= 15 is 0 Å². The number of nitrogens with two attached hydrogens (primary N) is 2. The highest BCUT2D eigenvalue weighted by Crippen LogP contribution is 2.73. The lowest BCUT2D eigenvalue weighted by Gasteiger charge is -2.69. The first kappa shape index (κ1) is 42.7. The molecule has 6 aliphatic carbocycles. The number of aromatic carboxylic acids is 1. The molecule has 0 spiro atoms. The highest BCUT2D eigenvalue weighted by molar-refractivity contribution is 5.87. The zero-order valence-corrected chi connectivity index (χ0v) is 34.4. The molecule has 2 amide bonds. The number of fused-ring (bicyclic) bond motifs is 7. The van der Waals surface area contributed by atoms with E-state index in [-0.39, 0.29) is 29.8 Å². The summed E-state index contributed by atoms with van der Waals surface area (Å²) < 4.78 is 0. The summed E-state index contributed by atoms with van der Waals surface area (Å²) in [5.41, 5.74) is 14.6. The molecule has 6 fully saturated rings. The second-order valence-corrected chi connectivity index (χ2v) is 19.3. The average molecular weight is 755 g/mol. The van der Waals surface area contributed by atoms with Gasteiger partial charge in [0, 0.05) is 0 Å². The van der Waals surface area contributed by atoms with Gasteiger partial charge in [-0.05, 0) is 182 Å². The van der Waals surface area contributed by atoms with E-state index in [0.29, 0.717) is 27.7 Å². The molecule has 2 aromatic rings. The normalized spacial score (nSPS) is 35.7. The summed E-state index contributed by atoms with van der Waals surface area (Å²) in [6.45, 7) is 15.4. The molecule has 6 aliphatic rings. The zero-order chi connectivity index (χ0) is 40.2. The fourth-order valence-electron chi connectivity index (χ4n) is 13.9. The first-order chi connectivity index (χ1) is 26.1. The van der Waals surface area contributed by atoms with E-state index in [4.69, 9.17) is 9.59 Å². The van der Waals surface area contributed by atoms with Crippen LogP contribution in [0.2, 0.25) is 0 Å². The van der Waals surface area contributed by atoms with E-state index in [9.17, 15) is 15.0 Å². The van der Waals surface area contributed by atoms with E-state index in [0.717, 1.165) is 36.5 Å². The van der Waals surface area contributed by atoms with Crippen LogP contribution in [-0.2, 0) is 27.8 Å². The van der Waals surface area contributed by atoms with Crippen LogP contribution in [0.25, 0.3) is 0 Å². The van der Waals surface area contributed by atoms with Gasteiger partial charge in [0.15, 0.2) is 0 Å². The van der Waals surface area contributed by atoms with Crippen molar-refractivity contribution in [3.63, 3.8) is 0 Å². The van der Waals surface area contributed by atoms with Crippen LogP contribution in [0.4, 0.5) is 0 Å². The third-order valence-electron chi connectivity index (χ3n) is 16.4. The molecular formula is C48H70N2O5. The van der Waals surface area contributed by atoms with Crippen molar-refractivity contribution in [3.05, 3.63) is 83.4 Å². The predicted molar refractivity (Wildman–Crippen MR) is 221 cm³/mol. The molecule has 0 aliphatic heterocycles. The second kappa shape index (κ2) is 17.0. The van der Waals surface area contributed by atoms with Crippen LogP contribution in [0.1, 0.15) is 145 Å². The molecule has 6 N–H and O–H groups in total. The Morgan fingerprint density at radius 3 is 2.02 bits per heavy atom. The topological polar surface area (TPSA) is 144 Å². The number of benzene rings is 2. The number of primary amides is 2. The number of aliphatic hydroxyl groups is 1. The minimum atomic E-state index is -0.850. The van der Waals surface area contributed by atoms with Crippen molar-refractivity contribution in [1.82, 2.24) is 0 Å². The highest BCUT2D eigenvalue weighted by Gasteiger charge is 2.66. The molecule has 0 radical (unpaired) electrons. The molecular weight excluding hydrogens is 685 g/mol. The molecule has 0 aromatic heterocycles. The molecule has 302 valence electrons. The van der Waals surface area contributed by atoms with Gasteiger partial charge in [-0.25, -0.2) is 4.79 Å². The molecule has 7 nitrogen and oxygen atoms in total. The lowest BCUT2D eigenvalue weighted by Crippen LogP contribution is -2.63. The van der Waals surface area contributed by atoms with Gasteiger partial charge in [0.05, 0.1) is 11.7 Å². The molecule has 6 saturated carbocycles. The van der Waals surface area contributed by atoms with Crippen molar-refractivity contribution in [1.29, 1.82) is 0 Å². The summed E-state index contributed by atoms with van der Waals surface area (Å²) in [5, 5.41) is 20.4. The number of carboxylic acid groups (broad SMARTS) is 1. The van der Waals surface area contributed by atoms with E-state index in [1.54, 1.807) is 23.8 Å². The number of carbonyl (C=O) groups is 3. The van der Waals surface area contributed by atoms with Crippen molar-refractivity contribution in [2.24, 2.45) is 62.7 Å². The van der Waals surface area contributed by atoms with Gasteiger partial charge in [-0.2, -0.15) is 0 Å². The summed E-state index contributed by atoms with van der Waals surface area (Å²) in [4.78, 5) is 28.5. The van der Waals surface area contributed by atoms with Crippen molar-refractivity contribution in [2.75, 3.05) is 0 Å². The van der Waals surface area contributed by atoms with E-state index in [1.165, 1.54) is 94.6 Å². The number of aliphatic hydroxyl groups excluding tert-OH is 1. The monoisotopic (exact) mass is 755 g/mol. The Morgan fingerprint density at radius 2 is 1.40 bits per heavy atom. The standard InChI is InChI=1S/C43H58O3.C3H6.2CH3NO/c1-39(2)35-17-20-40(3)33-16-22-43(19-6-9-34(43)32(33)14-15-36(40)41(35,4)21-18-37(39)44)27-29-7-5-8-31(25-29)42(23-24-42)26-28-10-12-30(13-11-28)38(45)46;1-3-2;2*2-1-3/h5,7-8,10-13,25,32-37,44H,6,9,14-24,26-27H2,1-4H3,(H,45,46);3H,1H2,2H3;2*1H,(H2,2,3). The fraction of sp³-hybridized carbons (Fsp3) is 0.646. The van der Waals surface area contributed by atoms with Crippen LogP contribution >= 0.6 is 0 Å². The molecule has 0 heterocycles. The largest absolute Gasteiger partial charge is 0.478 e. The first-order valence-electron chi connectivity index (χ1n) is 21.1. The lowest BCUT2D eigenvalue weighted by atomic mass is 9.36. The first-order valence-corrected chi connectivity index (χ1v) is 21.1. The number of hydrogen-bond acceptors (Lipinski definition) is 4. The SMILES string of the molecule is C=CC.CC1(C)C(O)CCC2(C)C1CCC1(C)C3CCC4(Cc5cccc(C6(Cc7ccc(C(=O)O)cc7)CC6)c5)CCCC4C3CCC12.NC=O.NC=O. The highest BCUT2D eigenvalue weighted by atomic mass is 16.4. The van der Waals surface area contributed by atoms with Crippen LogP contribution in [0.15, 0.2) is 61.2 Å². The summed E-state index contributed by atoms with van der Waals surface area (Å²) >= 11 is 0. The van der Waals surface area contributed by atoms with Gasteiger partial charge in [0.25, 0.3) is 0 Å². The summed E-state index contributed by atoms with van der Waals surface area (Å²) in [6, 6.07) is 17.3. The maximum atomic E-state index is 11.4. The molecule has 0 saturated heterocycles. The Labute approximate surface area is 331 Å². The van der Waals surface area contributed by atoms with Crippen molar-refractivity contribution < 1.29 is 24.6 Å². The summed E-state index contributed by atoms with van der Waals surface area (Å²) in [5.74, 6) is 3.27. The lowest BCUT2D eigenvalue weighted by molar-refractivity contribution is -0.214. The maximum absolute atomic E-state index is 11.4. The predicted octanol–water partition coefficient (Wildman–Crippen LogP) is 9.42. The van der Waals surface area contributed by atoms with Crippen molar-refractivity contribution in [2.45, 2.75) is 142 Å². The van der Waals surface area contributed by atoms with Crippen LogP contribution in [0.3, 0.4) is 0 Å². The number of allylic oxidation sites excluding steroid dienone is 1. The van der Waals surface area contributed by atoms with Crippen molar-refractivity contribution in [3.8, 4) is 0 Å². The molecule has 9 atom stereocenters. The molecule has 0 bridgehead atoms. The van der Waals surface area contributed by atoms with E-state index in [1.807, 2.05) is 19.1 Å². The summed E-state index contributed by atoms with van der Waals surface area (Å²) in [7, 11) is 0. The quantitative estimate of drug-likeness (QED) is 0.172. The average Bonchev–Trinajstić information content (AvgIpc) is 3.80. The Balaban J connectivity index is 0.000000590. The molecule has 55 heavy (non-hydrogen) atoms. The molecule has 9 unspecified atom stereocenters. The Hall–Kier alpha value is -3.45. The van der Waals surface area contributed by atoms with Crippen LogP contribution in [0.5, 0.6) is 0 Å². The van der Waals surface area contributed by atoms with Crippen LogP contribution in [0, 0.1) is 51.2 Å². The third-order valence-corrected chi connectivity index (χ3v) is 16.4. The smallest absolute Gasteiger partial charge is 0.335 e. The van der Waals surface area contributed by atoms with Crippen LogP contribution in [-0.4, -0.2) is 35.1 Å². The number of amides is 2. The molecule has 2 aromatic carbocycles. The minimum absolute atomic E-state index is 0.0386. The number of hydrogen-bond donors (Lipinski definition) is 4. The molecule has 8 rings (SSSR count). The fourth-order valence-corrected chi connectivity index (χ4v) is 13.9. The van der Waals surface area contributed by atoms with Gasteiger partial charge < -0.3 is 21.7 Å². The second-order valence-electron chi connectivity index (χ2n) is 19.3.